The van der Waals surface area contributed by atoms with Crippen molar-refractivity contribution in [3.63, 3.8) is 0 Å². The number of nitrogens with one attached hydrogen (secondary N) is 1. The summed E-state index contributed by atoms with van der Waals surface area (Å²) in [4.78, 5) is 4.04. The van der Waals surface area contributed by atoms with Gasteiger partial charge in [-0.15, -0.1) is 0 Å². The molecule has 0 fully saturated rings. The average Bonchev–Trinajstić information content (AvgIpc) is 2.99. The molecule has 0 aliphatic carbocycles. The van der Waals surface area contributed by atoms with Crippen LogP contribution in [-0.4, -0.2) is 9.55 Å². The number of imidazole rings is 1. The van der Waals surface area contributed by atoms with E-state index in [1.54, 1.807) is 18.6 Å². The average molecular weight is 318 g/mol. The summed E-state index contributed by atoms with van der Waals surface area (Å²) in [7, 11) is 0. The predicted molar refractivity (Wildman–Crippen MR) is 87.4 cm³/mol. The Balaban J connectivity index is 1.68. The molecule has 0 bridgehead atoms. The second kappa shape index (κ2) is 6.20. The van der Waals surface area contributed by atoms with Crippen LogP contribution in [0, 0.1) is 0 Å². The molecule has 1 aromatic heterocycles. The van der Waals surface area contributed by atoms with Gasteiger partial charge in [0.25, 0.3) is 0 Å². The first-order valence-corrected chi connectivity index (χ1v) is 7.23. The van der Waals surface area contributed by atoms with E-state index in [2.05, 4.69) is 34.6 Å². The molecule has 0 amide bonds. The Bertz CT molecular complexity index is 702. The molecule has 0 radical (unpaired) electrons. The van der Waals surface area contributed by atoms with Gasteiger partial charge in [-0.25, -0.2) is 4.98 Å². The maximum atomic E-state index is 5.98. The second-order valence-corrected chi connectivity index (χ2v) is 5.52. The summed E-state index contributed by atoms with van der Waals surface area (Å²) in [5, 5.41) is 4.56. The van der Waals surface area contributed by atoms with Crippen molar-refractivity contribution >= 4 is 28.9 Å². The van der Waals surface area contributed by atoms with Crippen molar-refractivity contribution in [1.82, 2.24) is 9.55 Å². The highest BCUT2D eigenvalue weighted by Crippen LogP contribution is 2.23. The Kier molecular flexibility index (Phi) is 4.13. The Morgan fingerprint density at radius 1 is 1.00 bits per heavy atom. The van der Waals surface area contributed by atoms with Crippen LogP contribution in [0.3, 0.4) is 0 Å². The zero-order valence-corrected chi connectivity index (χ0v) is 12.6. The first-order chi connectivity index (χ1) is 10.2. The van der Waals surface area contributed by atoms with E-state index in [0.717, 1.165) is 11.4 Å². The maximum Gasteiger partial charge on any atom is 0.0991 e. The molecule has 0 aliphatic rings. The highest BCUT2D eigenvalue weighted by molar-refractivity contribution is 6.35. The highest BCUT2D eigenvalue weighted by atomic mass is 35.5. The molecule has 3 aromatic rings. The molecule has 0 saturated carbocycles. The van der Waals surface area contributed by atoms with Crippen molar-refractivity contribution in [1.29, 1.82) is 0 Å². The molecule has 1 N–H and O–H groups in total. The number of rotatable bonds is 4. The van der Waals surface area contributed by atoms with Gasteiger partial charge in [0.2, 0.25) is 0 Å². The molecule has 0 spiro atoms. The third kappa shape index (κ3) is 3.57. The molecule has 3 rings (SSSR count). The summed E-state index contributed by atoms with van der Waals surface area (Å²) >= 11 is 12.0. The van der Waals surface area contributed by atoms with Gasteiger partial charge in [-0.2, -0.15) is 0 Å². The maximum absolute atomic E-state index is 5.98. The van der Waals surface area contributed by atoms with Gasteiger partial charge in [0.1, 0.15) is 0 Å². The third-order valence-corrected chi connectivity index (χ3v) is 3.53. The van der Waals surface area contributed by atoms with Gasteiger partial charge in [0, 0.05) is 40.4 Å². The third-order valence-electron chi connectivity index (χ3n) is 3.10. The van der Waals surface area contributed by atoms with Crippen molar-refractivity contribution in [3.05, 3.63) is 76.8 Å². The standard InChI is InChI=1S/C16H13Cl2N3/c17-13-7-14(18)9-15(8-13)20-10-12-1-3-16(4-2-12)21-6-5-19-11-21/h1-9,11,20H,10H2. The Morgan fingerprint density at radius 2 is 1.71 bits per heavy atom. The van der Waals surface area contributed by atoms with E-state index in [4.69, 9.17) is 23.2 Å². The number of benzene rings is 2. The zero-order valence-electron chi connectivity index (χ0n) is 11.1. The fourth-order valence-corrected chi connectivity index (χ4v) is 2.58. The molecular weight excluding hydrogens is 305 g/mol. The first-order valence-electron chi connectivity index (χ1n) is 6.48. The van der Waals surface area contributed by atoms with Gasteiger partial charge in [-0.3, -0.25) is 0 Å². The fourth-order valence-electron chi connectivity index (χ4n) is 2.06. The summed E-state index contributed by atoms with van der Waals surface area (Å²) in [5.41, 5.74) is 3.17. The van der Waals surface area contributed by atoms with Gasteiger partial charge >= 0.3 is 0 Å². The zero-order chi connectivity index (χ0) is 14.7. The topological polar surface area (TPSA) is 29.9 Å². The Morgan fingerprint density at radius 3 is 2.33 bits per heavy atom. The smallest absolute Gasteiger partial charge is 0.0991 e. The SMILES string of the molecule is Clc1cc(Cl)cc(NCc2ccc(-n3ccnc3)cc2)c1. The van der Waals surface area contributed by atoms with Crippen LogP contribution in [-0.2, 0) is 6.54 Å². The molecule has 0 aliphatic heterocycles. The van der Waals surface area contributed by atoms with E-state index in [1.807, 2.05) is 22.9 Å². The highest BCUT2D eigenvalue weighted by Gasteiger charge is 2.00. The number of hydrogen-bond donors (Lipinski definition) is 1. The number of aromatic nitrogens is 2. The van der Waals surface area contributed by atoms with Crippen LogP contribution in [0.25, 0.3) is 5.69 Å². The van der Waals surface area contributed by atoms with Gasteiger partial charge in [0.15, 0.2) is 0 Å². The van der Waals surface area contributed by atoms with Crippen molar-refractivity contribution in [2.24, 2.45) is 0 Å². The van der Waals surface area contributed by atoms with Crippen molar-refractivity contribution in [2.75, 3.05) is 5.32 Å². The lowest BCUT2D eigenvalue weighted by Crippen LogP contribution is -2.00. The summed E-state index contributed by atoms with van der Waals surface area (Å²) < 4.78 is 1.97. The Labute approximate surface area is 133 Å². The second-order valence-electron chi connectivity index (χ2n) is 4.65. The minimum atomic E-state index is 0.625. The summed E-state index contributed by atoms with van der Waals surface area (Å²) in [6, 6.07) is 13.7. The van der Waals surface area contributed by atoms with Gasteiger partial charge in [-0.1, -0.05) is 35.3 Å². The summed E-state index contributed by atoms with van der Waals surface area (Å²) in [5.74, 6) is 0. The van der Waals surface area contributed by atoms with Crippen LogP contribution in [0.1, 0.15) is 5.56 Å². The number of halogens is 2. The van der Waals surface area contributed by atoms with Crippen LogP contribution in [0.5, 0.6) is 0 Å². The largest absolute Gasteiger partial charge is 0.381 e. The lowest BCUT2D eigenvalue weighted by Gasteiger charge is -2.09. The van der Waals surface area contributed by atoms with E-state index >= 15 is 0 Å². The van der Waals surface area contributed by atoms with E-state index in [-0.39, 0.29) is 0 Å². The monoisotopic (exact) mass is 317 g/mol. The molecule has 0 unspecified atom stereocenters. The van der Waals surface area contributed by atoms with Crippen molar-refractivity contribution in [3.8, 4) is 5.69 Å². The lowest BCUT2D eigenvalue weighted by atomic mass is 10.2. The van der Waals surface area contributed by atoms with Crippen LogP contribution in [0.4, 0.5) is 5.69 Å². The number of hydrogen-bond acceptors (Lipinski definition) is 2. The molecule has 0 atom stereocenters. The fraction of sp³-hybridized carbons (Fsp3) is 0.0625. The summed E-state index contributed by atoms with van der Waals surface area (Å²) in [6.45, 7) is 0.709. The molecule has 106 valence electrons. The molecule has 3 nitrogen and oxygen atoms in total. The van der Waals surface area contributed by atoms with E-state index in [9.17, 15) is 0 Å². The molecule has 1 heterocycles. The Hall–Kier alpha value is -1.97. The number of anilines is 1. The minimum Gasteiger partial charge on any atom is -0.381 e. The van der Waals surface area contributed by atoms with Crippen molar-refractivity contribution < 1.29 is 0 Å². The van der Waals surface area contributed by atoms with E-state index < -0.39 is 0 Å². The molecule has 21 heavy (non-hydrogen) atoms. The first kappa shape index (κ1) is 14.0. The molecule has 0 saturated heterocycles. The predicted octanol–water partition coefficient (Wildman–Crippen LogP) is 4.79. The van der Waals surface area contributed by atoms with Crippen LogP contribution >= 0.6 is 23.2 Å². The normalized spacial score (nSPS) is 10.6. The van der Waals surface area contributed by atoms with E-state index in [1.165, 1.54) is 5.56 Å². The van der Waals surface area contributed by atoms with Crippen LogP contribution in [0.15, 0.2) is 61.2 Å². The molecule has 5 heteroatoms. The minimum absolute atomic E-state index is 0.625. The van der Waals surface area contributed by atoms with E-state index in [0.29, 0.717) is 16.6 Å². The van der Waals surface area contributed by atoms with Crippen LogP contribution < -0.4 is 5.32 Å². The summed E-state index contributed by atoms with van der Waals surface area (Å²) in [6.07, 6.45) is 5.46. The van der Waals surface area contributed by atoms with Gasteiger partial charge < -0.3 is 9.88 Å². The quantitative estimate of drug-likeness (QED) is 0.749. The lowest BCUT2D eigenvalue weighted by molar-refractivity contribution is 1.05. The van der Waals surface area contributed by atoms with Crippen LogP contribution in [0.2, 0.25) is 10.0 Å². The van der Waals surface area contributed by atoms with Gasteiger partial charge in [-0.05, 0) is 35.9 Å². The van der Waals surface area contributed by atoms with Gasteiger partial charge in [0.05, 0.1) is 6.33 Å². The number of nitrogens with zero attached hydrogens (tertiary/aromatic N) is 2. The molecule has 2 aromatic carbocycles. The molecular formula is C16H13Cl2N3. The van der Waals surface area contributed by atoms with Crippen molar-refractivity contribution in [2.45, 2.75) is 6.54 Å².